The zero-order valence-electron chi connectivity index (χ0n) is 39.5. The van der Waals surface area contributed by atoms with Crippen LogP contribution in [0.5, 0.6) is 5.75 Å². The molecule has 0 aromatic heterocycles. The fraction of sp³-hybridized carbons (Fsp3) is 0.417. The van der Waals surface area contributed by atoms with Gasteiger partial charge >= 0.3 is 41.8 Å². The molecule has 71 heavy (non-hydrogen) atoms. The van der Waals surface area contributed by atoms with Crippen LogP contribution in [-0.4, -0.2) is 128 Å². The molecule has 0 radical (unpaired) electrons. The Bertz CT molecular complexity index is 2750. The number of carbonyl (C=O) groups is 9. The Kier molecular flexibility index (Phi) is 16.7. The van der Waals surface area contributed by atoms with Gasteiger partial charge < -0.3 is 62.4 Å². The number of esters is 7. The van der Waals surface area contributed by atoms with E-state index in [1.807, 2.05) is 0 Å². The minimum Gasteiger partial charge on any atom is -0.463 e. The van der Waals surface area contributed by atoms with Crippen LogP contribution in [0.2, 0.25) is 0 Å². The molecule has 2 fully saturated rings. The average Bonchev–Trinajstić information content (AvgIpc) is 3.27. The lowest BCUT2D eigenvalue weighted by Crippen LogP contribution is -2.67. The van der Waals surface area contributed by atoms with Gasteiger partial charge in [-0.2, -0.15) is 0 Å². The van der Waals surface area contributed by atoms with Gasteiger partial charge in [0.25, 0.3) is 0 Å². The Morgan fingerprint density at radius 1 is 0.535 bits per heavy atom. The van der Waals surface area contributed by atoms with Crippen LogP contribution in [0.25, 0.3) is 33.4 Å². The minimum atomic E-state index is -1.76. The predicted octanol–water partition coefficient (Wildman–Crippen LogP) is 2.41. The summed E-state index contributed by atoms with van der Waals surface area (Å²) < 4.78 is 63.2. The molecule has 3 aliphatic heterocycles. The maximum absolute atomic E-state index is 14.6. The van der Waals surface area contributed by atoms with Gasteiger partial charge in [-0.15, -0.1) is 0 Å². The lowest BCUT2D eigenvalue weighted by Gasteiger charge is -2.44. The predicted molar refractivity (Wildman–Crippen MR) is 239 cm³/mol. The maximum atomic E-state index is 14.6. The topological polar surface area (TPSA) is 300 Å². The van der Waals surface area contributed by atoms with E-state index in [2.05, 4.69) is 10.6 Å². The van der Waals surface area contributed by atoms with E-state index in [1.54, 1.807) is 18.2 Å². The largest absolute Gasteiger partial charge is 0.463 e. The number of hydrogen-bond acceptors (Lipinski definition) is 21. The molecule has 378 valence electrons. The van der Waals surface area contributed by atoms with E-state index in [1.165, 1.54) is 49.4 Å². The molecule has 2 aromatic carbocycles. The van der Waals surface area contributed by atoms with Crippen LogP contribution in [-0.2, 0) is 81.0 Å². The molecule has 4 aliphatic rings. The fourth-order valence-corrected chi connectivity index (χ4v) is 8.18. The molecule has 23 heteroatoms. The first-order valence-electron chi connectivity index (χ1n) is 21.9. The third-order valence-electron chi connectivity index (χ3n) is 10.7. The van der Waals surface area contributed by atoms with E-state index in [9.17, 15) is 47.9 Å². The van der Waals surface area contributed by atoms with E-state index < -0.39 is 134 Å². The number of carbonyl (C=O) groups excluding carboxylic acids is 9. The fourth-order valence-electron chi connectivity index (χ4n) is 8.18. The minimum absolute atomic E-state index is 0.0211. The first-order valence-corrected chi connectivity index (χ1v) is 21.9. The third kappa shape index (κ3) is 13.0. The van der Waals surface area contributed by atoms with Gasteiger partial charge in [-0.05, 0) is 35.9 Å². The molecule has 0 saturated carbocycles. The van der Waals surface area contributed by atoms with Crippen LogP contribution >= 0.6 is 0 Å². The summed E-state index contributed by atoms with van der Waals surface area (Å²) in [5.74, 6) is -7.03. The van der Waals surface area contributed by atoms with Crippen LogP contribution in [0.15, 0.2) is 69.9 Å². The highest BCUT2D eigenvalue weighted by Gasteiger charge is 2.54. The molecule has 1 aliphatic carbocycles. The van der Waals surface area contributed by atoms with Gasteiger partial charge in [0.15, 0.2) is 29.8 Å². The molecule has 2 amide bonds. The van der Waals surface area contributed by atoms with Crippen molar-refractivity contribution in [3.8, 4) is 28.2 Å². The van der Waals surface area contributed by atoms with Gasteiger partial charge in [-0.1, -0.05) is 18.2 Å². The van der Waals surface area contributed by atoms with E-state index in [0.29, 0.717) is 16.5 Å². The Morgan fingerprint density at radius 3 is 1.56 bits per heavy atom. The Morgan fingerprint density at radius 2 is 1.04 bits per heavy atom. The summed E-state index contributed by atoms with van der Waals surface area (Å²) in [6, 6.07) is 11.8. The van der Waals surface area contributed by atoms with Gasteiger partial charge in [0.1, 0.15) is 54.6 Å². The summed E-state index contributed by atoms with van der Waals surface area (Å²) in [4.78, 5) is 126. The van der Waals surface area contributed by atoms with Gasteiger partial charge in [0.2, 0.25) is 24.4 Å². The highest BCUT2D eigenvalue weighted by Crippen LogP contribution is 2.43. The monoisotopic (exact) mass is 990 g/mol. The first kappa shape index (κ1) is 52.5. The van der Waals surface area contributed by atoms with Gasteiger partial charge in [-0.25, -0.2) is 4.79 Å². The summed E-state index contributed by atoms with van der Waals surface area (Å²) in [5.41, 5.74) is 0.471. The summed E-state index contributed by atoms with van der Waals surface area (Å²) in [5, 5.41) is 5.52. The summed E-state index contributed by atoms with van der Waals surface area (Å²) >= 11 is 0. The van der Waals surface area contributed by atoms with Crippen molar-refractivity contribution in [2.75, 3.05) is 13.2 Å². The second-order valence-corrected chi connectivity index (χ2v) is 16.3. The molecule has 10 atom stereocenters. The second kappa shape index (κ2) is 22.7. The standard InChI is InChI=1S/C48H50N2O21/c1-21(51)49-40-44(65-27(7)57)42(63-25(5)55)37(19-61-23(3)53)69-47(40)67-30-14-16-34-36(18-30)68-35-17-29(59)13-15-33(35)39(34)31-11-9-10-12-32(31)46(60)71-48-41(50-22(2)52)45(66-28(8)58)43(64-26(6)56)38(70-48)20-62-24(4)54/h9-18,37-38,40-45,47-48H,19-20H2,1-8H3,(H,49,51)(H,50,52)/t37-,38-,40-,41-,42-,43-,44-,45-,47-,48+/m1/s1. The molecule has 23 nitrogen and oxygen atoms in total. The zero-order chi connectivity index (χ0) is 51.8. The van der Waals surface area contributed by atoms with Crippen LogP contribution in [0, 0.1) is 0 Å². The summed E-state index contributed by atoms with van der Waals surface area (Å²) in [6.07, 6.45) is -11.8. The maximum Gasteiger partial charge on any atom is 0.341 e. The van der Waals surface area contributed by atoms with Crippen LogP contribution in [0.3, 0.4) is 0 Å². The Balaban J connectivity index is 1.43. The van der Waals surface area contributed by atoms with E-state index in [-0.39, 0.29) is 28.2 Å². The van der Waals surface area contributed by atoms with Crippen molar-refractivity contribution < 1.29 is 94.9 Å². The summed E-state index contributed by atoms with van der Waals surface area (Å²) in [7, 11) is 0. The smallest absolute Gasteiger partial charge is 0.341 e. The third-order valence-corrected chi connectivity index (χ3v) is 10.7. The second-order valence-electron chi connectivity index (χ2n) is 16.3. The van der Waals surface area contributed by atoms with Crippen molar-refractivity contribution in [2.45, 2.75) is 117 Å². The van der Waals surface area contributed by atoms with E-state index >= 15 is 0 Å². The van der Waals surface area contributed by atoms with Gasteiger partial charge in [0, 0.05) is 84.0 Å². The first-order chi connectivity index (χ1) is 33.6. The van der Waals surface area contributed by atoms with Gasteiger partial charge in [-0.3, -0.25) is 43.2 Å². The lowest BCUT2D eigenvalue weighted by molar-refractivity contribution is -0.263. The molecule has 2 aromatic rings. The lowest BCUT2D eigenvalue weighted by atomic mass is 9.90. The quantitative estimate of drug-likeness (QED) is 0.0981. The number of hydrogen-bond donors (Lipinski definition) is 2. The highest BCUT2D eigenvalue weighted by atomic mass is 16.7. The molecule has 6 rings (SSSR count). The normalized spacial score (nSPS) is 23.8. The Labute approximate surface area is 403 Å². The van der Waals surface area contributed by atoms with Crippen molar-refractivity contribution in [3.05, 3.63) is 76.5 Å². The molecule has 2 N–H and O–H groups in total. The van der Waals surface area contributed by atoms with Crippen LogP contribution < -0.4 is 20.8 Å². The highest BCUT2D eigenvalue weighted by molar-refractivity contribution is 6.08. The van der Waals surface area contributed by atoms with Crippen molar-refractivity contribution in [1.82, 2.24) is 10.6 Å². The number of ether oxygens (including phenoxy) is 10. The van der Waals surface area contributed by atoms with Crippen molar-refractivity contribution in [2.24, 2.45) is 0 Å². The zero-order valence-corrected chi connectivity index (χ0v) is 39.5. The summed E-state index contributed by atoms with van der Waals surface area (Å²) in [6.45, 7) is 7.86. The van der Waals surface area contributed by atoms with Crippen molar-refractivity contribution in [3.63, 3.8) is 0 Å². The Hall–Kier alpha value is -7.92. The van der Waals surface area contributed by atoms with E-state index in [4.69, 9.17) is 51.8 Å². The van der Waals surface area contributed by atoms with Gasteiger partial charge in [0.05, 0.1) is 5.56 Å². The average molecular weight is 991 g/mol. The molecule has 0 bridgehead atoms. The molecule has 0 spiro atoms. The number of rotatable bonds is 15. The molecule has 2 saturated heterocycles. The van der Waals surface area contributed by atoms with Crippen LogP contribution in [0.1, 0.15) is 65.7 Å². The molecule has 0 unspecified atom stereocenters. The molecular formula is C48H50N2O21. The van der Waals surface area contributed by atoms with Crippen molar-refractivity contribution >= 4 is 64.6 Å². The van der Waals surface area contributed by atoms with Crippen LogP contribution in [0.4, 0.5) is 0 Å². The van der Waals surface area contributed by atoms with Crippen molar-refractivity contribution in [1.29, 1.82) is 0 Å². The molecule has 3 heterocycles. The number of nitrogens with one attached hydrogen (secondary N) is 2. The number of fused-ring (bicyclic) bond motifs is 2. The molecular weight excluding hydrogens is 941 g/mol. The van der Waals surface area contributed by atoms with E-state index in [0.717, 1.165) is 48.5 Å². The SMILES string of the molecule is CC(=O)N[C@H]1[C@H](OC(=O)c2ccccc2-c2c3ccc(=O)cc-3oc3cc(O[C@@H]4O[C@H](COC(C)=O)[C@@H](OC(C)=O)[C@H](OC(C)=O)[C@H]4NC(C)=O)ccc23)O[C@H](COC(C)=O)[C@@H](OC(C)=O)[C@@H]1OC(C)=O. The number of benzene rings is 3. The number of amides is 2.